The van der Waals surface area contributed by atoms with Gasteiger partial charge in [-0.1, -0.05) is 91.0 Å². The lowest BCUT2D eigenvalue weighted by atomic mass is 9.98. The first-order chi connectivity index (χ1) is 21.8. The van der Waals surface area contributed by atoms with Crippen LogP contribution in [0, 0.1) is 0 Å². The summed E-state index contributed by atoms with van der Waals surface area (Å²) >= 11 is 0. The van der Waals surface area contributed by atoms with Crippen LogP contribution >= 0.6 is 0 Å². The summed E-state index contributed by atoms with van der Waals surface area (Å²) in [6.07, 6.45) is -0.0281. The molecule has 1 heterocycles. The molecule has 0 radical (unpaired) electrons. The van der Waals surface area contributed by atoms with Gasteiger partial charge < -0.3 is 20.3 Å². The SMILES string of the molecule is O=C(O)[C@@H](N=C(c1ccccc1)c1ccccc1NC(=O)[C@@H]1CCCN1Cc1ccccc1)[C@H](O)c1ccc(OC(F)F)cc1. The first-order valence-electron chi connectivity index (χ1n) is 14.6. The number of ether oxygens (including phenoxy) is 1. The van der Waals surface area contributed by atoms with Crippen LogP contribution in [0.3, 0.4) is 0 Å². The van der Waals surface area contributed by atoms with Crippen LogP contribution < -0.4 is 10.1 Å². The molecule has 3 N–H and O–H groups in total. The molecule has 1 aliphatic rings. The van der Waals surface area contributed by atoms with Crippen molar-refractivity contribution in [3.05, 3.63) is 131 Å². The number of carbonyl (C=O) groups excluding carboxylic acids is 1. The minimum absolute atomic E-state index is 0.129. The van der Waals surface area contributed by atoms with Gasteiger partial charge in [0.1, 0.15) is 11.9 Å². The smallest absolute Gasteiger partial charge is 0.387 e. The maximum absolute atomic E-state index is 13.7. The highest BCUT2D eigenvalue weighted by molar-refractivity contribution is 6.17. The number of para-hydroxylation sites is 1. The molecule has 0 bridgehead atoms. The molecule has 1 amide bonds. The van der Waals surface area contributed by atoms with E-state index in [-0.39, 0.29) is 29.0 Å². The van der Waals surface area contributed by atoms with Crippen LogP contribution in [0.1, 0.15) is 41.2 Å². The Hall–Kier alpha value is -4.93. The van der Waals surface area contributed by atoms with Crippen molar-refractivity contribution in [1.82, 2.24) is 4.90 Å². The number of nitrogens with zero attached hydrogens (tertiary/aromatic N) is 2. The van der Waals surface area contributed by atoms with Crippen LogP contribution in [-0.2, 0) is 16.1 Å². The van der Waals surface area contributed by atoms with Crippen LogP contribution in [0.15, 0.2) is 114 Å². The lowest BCUT2D eigenvalue weighted by Crippen LogP contribution is -2.39. The number of nitrogens with one attached hydrogen (secondary N) is 1. The molecule has 1 fully saturated rings. The molecule has 0 spiro atoms. The quantitative estimate of drug-likeness (QED) is 0.171. The Morgan fingerprint density at radius 2 is 1.56 bits per heavy atom. The van der Waals surface area contributed by atoms with Gasteiger partial charge in [0.2, 0.25) is 5.91 Å². The standard InChI is InChI=1S/C35H33F2N3O5/c36-35(37)45-26-19-17-25(18-20-26)32(41)31(34(43)44)39-30(24-12-5-2-6-13-24)27-14-7-8-15-28(27)38-33(42)29-16-9-21-40(29)22-23-10-3-1-4-11-23/h1-8,10-15,17-20,29,31-32,35,41H,9,16,21-22H2,(H,38,42)(H,43,44)/t29-,31-,32+/m0/s1. The molecule has 0 saturated carbocycles. The zero-order valence-electron chi connectivity index (χ0n) is 24.3. The van der Waals surface area contributed by atoms with Crippen LogP contribution in [0.5, 0.6) is 5.75 Å². The number of aliphatic imine (C=N–C) groups is 1. The Morgan fingerprint density at radius 1 is 0.911 bits per heavy atom. The predicted octanol–water partition coefficient (Wildman–Crippen LogP) is 5.92. The zero-order valence-corrected chi connectivity index (χ0v) is 24.3. The summed E-state index contributed by atoms with van der Waals surface area (Å²) in [6, 6.07) is 28.9. The number of rotatable bonds is 12. The number of aliphatic carboxylic acids is 1. The van der Waals surface area contributed by atoms with Gasteiger partial charge in [-0.15, -0.1) is 0 Å². The van der Waals surface area contributed by atoms with E-state index in [1.54, 1.807) is 48.5 Å². The largest absolute Gasteiger partial charge is 0.480 e. The molecule has 1 aliphatic heterocycles. The highest BCUT2D eigenvalue weighted by atomic mass is 19.3. The van der Waals surface area contributed by atoms with E-state index in [0.717, 1.165) is 18.5 Å². The maximum atomic E-state index is 13.7. The van der Waals surface area contributed by atoms with Crippen LogP contribution in [0.25, 0.3) is 0 Å². The predicted molar refractivity (Wildman–Crippen MR) is 166 cm³/mol. The van der Waals surface area contributed by atoms with Gasteiger partial charge >= 0.3 is 12.6 Å². The minimum Gasteiger partial charge on any atom is -0.480 e. The molecule has 0 aliphatic carbocycles. The Labute approximate surface area is 259 Å². The number of hydrogen-bond donors (Lipinski definition) is 3. The first kappa shape index (κ1) is 31.5. The van der Waals surface area contributed by atoms with Crippen molar-refractivity contribution >= 4 is 23.3 Å². The van der Waals surface area contributed by atoms with Gasteiger partial charge in [0.05, 0.1) is 17.4 Å². The van der Waals surface area contributed by atoms with Crippen LogP contribution in [-0.4, -0.2) is 57.9 Å². The van der Waals surface area contributed by atoms with Crippen molar-refractivity contribution in [3.8, 4) is 5.75 Å². The molecule has 0 aromatic heterocycles. The number of alkyl halides is 2. The minimum atomic E-state index is -3.02. The number of carboxylic acid groups (broad SMARTS) is 1. The zero-order chi connectivity index (χ0) is 31.8. The summed E-state index contributed by atoms with van der Waals surface area (Å²) in [5.41, 5.74) is 3.02. The molecule has 10 heteroatoms. The van der Waals surface area contributed by atoms with Crippen molar-refractivity contribution in [2.45, 2.75) is 44.2 Å². The van der Waals surface area contributed by atoms with Gasteiger partial charge in [-0.3, -0.25) is 14.7 Å². The number of halogens is 2. The molecule has 45 heavy (non-hydrogen) atoms. The molecule has 232 valence electrons. The average molecular weight is 614 g/mol. The third kappa shape index (κ3) is 7.97. The Bertz CT molecular complexity index is 1620. The maximum Gasteiger partial charge on any atom is 0.387 e. The molecule has 1 saturated heterocycles. The van der Waals surface area contributed by atoms with Gasteiger partial charge in [-0.2, -0.15) is 8.78 Å². The number of amides is 1. The highest BCUT2D eigenvalue weighted by Crippen LogP contribution is 2.28. The Kier molecular flexibility index (Phi) is 10.3. The molecular weight excluding hydrogens is 580 g/mol. The van der Waals surface area contributed by atoms with E-state index in [9.17, 15) is 28.6 Å². The van der Waals surface area contributed by atoms with Gasteiger partial charge in [0.15, 0.2) is 6.04 Å². The second kappa shape index (κ2) is 14.7. The second-order valence-corrected chi connectivity index (χ2v) is 10.7. The van der Waals surface area contributed by atoms with E-state index in [1.807, 2.05) is 36.4 Å². The summed E-state index contributed by atoms with van der Waals surface area (Å²) in [6.45, 7) is -1.59. The number of carboxylic acids is 1. The van der Waals surface area contributed by atoms with Gasteiger partial charge in [0.25, 0.3) is 0 Å². The van der Waals surface area contributed by atoms with Crippen LogP contribution in [0.2, 0.25) is 0 Å². The lowest BCUT2D eigenvalue weighted by Gasteiger charge is -2.24. The van der Waals surface area contributed by atoms with Crippen molar-refractivity contribution < 1.29 is 33.3 Å². The van der Waals surface area contributed by atoms with Gasteiger partial charge in [-0.25, -0.2) is 4.79 Å². The molecule has 0 unspecified atom stereocenters. The fourth-order valence-corrected chi connectivity index (χ4v) is 5.47. The molecule has 4 aromatic carbocycles. The third-order valence-corrected chi connectivity index (χ3v) is 7.65. The van der Waals surface area contributed by atoms with Gasteiger partial charge in [0, 0.05) is 17.7 Å². The van der Waals surface area contributed by atoms with E-state index in [1.165, 1.54) is 24.3 Å². The number of aliphatic hydroxyl groups is 1. The van der Waals surface area contributed by atoms with E-state index in [0.29, 0.717) is 29.8 Å². The topological polar surface area (TPSA) is 111 Å². The van der Waals surface area contributed by atoms with Crippen molar-refractivity contribution in [1.29, 1.82) is 0 Å². The normalized spacial score (nSPS) is 16.7. The summed E-state index contributed by atoms with van der Waals surface area (Å²) in [5.74, 6) is -1.70. The van der Waals surface area contributed by atoms with Crippen molar-refractivity contribution in [2.75, 3.05) is 11.9 Å². The second-order valence-electron chi connectivity index (χ2n) is 10.7. The van der Waals surface area contributed by atoms with E-state index < -0.39 is 24.7 Å². The van der Waals surface area contributed by atoms with E-state index >= 15 is 0 Å². The van der Waals surface area contributed by atoms with E-state index in [4.69, 9.17) is 0 Å². The molecule has 3 atom stereocenters. The number of hydrogen-bond acceptors (Lipinski definition) is 6. The van der Waals surface area contributed by atoms with Gasteiger partial charge in [-0.05, 0) is 48.7 Å². The number of carbonyl (C=O) groups is 2. The third-order valence-electron chi connectivity index (χ3n) is 7.65. The van der Waals surface area contributed by atoms with Crippen molar-refractivity contribution in [2.24, 2.45) is 4.99 Å². The number of anilines is 1. The summed E-state index contributed by atoms with van der Waals surface area (Å²) < 4.78 is 29.5. The Balaban J connectivity index is 1.46. The molecular formula is C35H33F2N3O5. The van der Waals surface area contributed by atoms with E-state index in [2.05, 4.69) is 19.9 Å². The lowest BCUT2D eigenvalue weighted by molar-refractivity contribution is -0.141. The van der Waals surface area contributed by atoms with Crippen LogP contribution in [0.4, 0.5) is 14.5 Å². The van der Waals surface area contributed by atoms with Crippen molar-refractivity contribution in [3.63, 3.8) is 0 Å². The highest BCUT2D eigenvalue weighted by Gasteiger charge is 2.32. The molecule has 4 aromatic rings. The molecule has 8 nitrogen and oxygen atoms in total. The fourth-order valence-electron chi connectivity index (χ4n) is 5.47. The summed E-state index contributed by atoms with van der Waals surface area (Å²) in [7, 11) is 0. The average Bonchev–Trinajstić information content (AvgIpc) is 3.51. The summed E-state index contributed by atoms with van der Waals surface area (Å²) in [5, 5.41) is 24.3. The monoisotopic (exact) mass is 613 g/mol. The summed E-state index contributed by atoms with van der Waals surface area (Å²) in [4.78, 5) is 32.8. The molecule has 5 rings (SSSR count). The fraction of sp³-hybridized carbons (Fsp3) is 0.229. The number of likely N-dealkylation sites (tertiary alicyclic amines) is 1. The number of aliphatic hydroxyl groups excluding tert-OH is 1. The number of benzene rings is 4. The first-order valence-corrected chi connectivity index (χ1v) is 14.6. The Morgan fingerprint density at radius 3 is 2.22 bits per heavy atom.